The van der Waals surface area contributed by atoms with Crippen molar-refractivity contribution in [2.24, 2.45) is 5.92 Å². The summed E-state index contributed by atoms with van der Waals surface area (Å²) in [4.78, 5) is 28.0. The first-order valence-corrected chi connectivity index (χ1v) is 9.54. The van der Waals surface area contributed by atoms with Crippen LogP contribution < -0.4 is 15.0 Å². The van der Waals surface area contributed by atoms with E-state index in [9.17, 15) is 9.59 Å². The molecule has 0 aromatic heterocycles. The summed E-state index contributed by atoms with van der Waals surface area (Å²) >= 11 is 0. The zero-order valence-electron chi connectivity index (χ0n) is 16.4. The molecule has 0 radical (unpaired) electrons. The van der Waals surface area contributed by atoms with E-state index in [4.69, 9.17) is 4.74 Å². The number of carbonyl (C=O) groups excluding carboxylic acids is 2. The van der Waals surface area contributed by atoms with Gasteiger partial charge in [0.05, 0.1) is 0 Å². The molecule has 28 heavy (non-hydrogen) atoms. The van der Waals surface area contributed by atoms with Crippen LogP contribution in [0.25, 0.3) is 0 Å². The monoisotopic (exact) mass is 381 g/mol. The number of hydrogen-bond acceptors (Lipinski definition) is 4. The van der Waals surface area contributed by atoms with Crippen LogP contribution in [0.2, 0.25) is 0 Å². The third-order valence-electron chi connectivity index (χ3n) is 4.92. The van der Waals surface area contributed by atoms with Crippen LogP contribution in [-0.4, -0.2) is 57.1 Å². The van der Waals surface area contributed by atoms with Crippen LogP contribution in [0.3, 0.4) is 0 Å². The van der Waals surface area contributed by atoms with E-state index in [0.29, 0.717) is 23.8 Å². The van der Waals surface area contributed by atoms with E-state index in [1.54, 1.807) is 38.4 Å². The first kappa shape index (κ1) is 19.7. The Bertz CT molecular complexity index is 808. The number of hydrogen-bond donors (Lipinski definition) is 1. The van der Waals surface area contributed by atoms with E-state index in [0.717, 1.165) is 19.5 Å². The second-order valence-corrected chi connectivity index (χ2v) is 7.25. The van der Waals surface area contributed by atoms with Gasteiger partial charge in [-0.15, -0.1) is 0 Å². The standard InChI is InChI=1S/C22H27N3O3/c1-24(2)21(26)16-28-20-10-6-7-18(13-20)22(27)23-14-17-11-12-25(15-17)19-8-4-3-5-9-19/h3-10,13,17H,11-12,14-16H2,1-2H3,(H,23,27). The lowest BCUT2D eigenvalue weighted by Gasteiger charge is -2.18. The highest BCUT2D eigenvalue weighted by Gasteiger charge is 2.23. The quantitative estimate of drug-likeness (QED) is 0.800. The third kappa shape index (κ3) is 5.25. The number of amides is 2. The number of ether oxygens (including phenoxy) is 1. The molecule has 148 valence electrons. The number of anilines is 1. The summed E-state index contributed by atoms with van der Waals surface area (Å²) in [5, 5.41) is 3.03. The molecule has 1 unspecified atom stereocenters. The Morgan fingerprint density at radius 1 is 1.14 bits per heavy atom. The van der Waals surface area contributed by atoms with Crippen molar-refractivity contribution in [2.45, 2.75) is 6.42 Å². The molecule has 1 saturated heterocycles. The molecule has 1 atom stereocenters. The van der Waals surface area contributed by atoms with Gasteiger partial charge in [0, 0.05) is 45.0 Å². The molecule has 0 saturated carbocycles. The van der Waals surface area contributed by atoms with E-state index in [1.165, 1.54) is 10.6 Å². The first-order valence-electron chi connectivity index (χ1n) is 9.54. The highest BCUT2D eigenvalue weighted by atomic mass is 16.5. The van der Waals surface area contributed by atoms with Gasteiger partial charge in [0.2, 0.25) is 0 Å². The van der Waals surface area contributed by atoms with Crippen LogP contribution in [0, 0.1) is 5.92 Å². The average molecular weight is 381 g/mol. The van der Waals surface area contributed by atoms with Crippen molar-refractivity contribution >= 4 is 17.5 Å². The average Bonchev–Trinajstić information content (AvgIpc) is 3.20. The minimum atomic E-state index is -0.126. The maximum atomic E-state index is 12.5. The first-order chi connectivity index (χ1) is 13.5. The molecule has 0 bridgehead atoms. The Morgan fingerprint density at radius 2 is 1.93 bits per heavy atom. The minimum absolute atomic E-state index is 0.0462. The molecule has 1 fully saturated rings. The van der Waals surface area contributed by atoms with Crippen molar-refractivity contribution in [2.75, 3.05) is 45.2 Å². The van der Waals surface area contributed by atoms with Gasteiger partial charge < -0.3 is 19.9 Å². The van der Waals surface area contributed by atoms with Gasteiger partial charge in [-0.05, 0) is 42.7 Å². The topological polar surface area (TPSA) is 61.9 Å². The normalized spacial score (nSPS) is 15.9. The Hall–Kier alpha value is -3.02. The predicted molar refractivity (Wildman–Crippen MR) is 110 cm³/mol. The van der Waals surface area contributed by atoms with Crippen LogP contribution in [0.15, 0.2) is 54.6 Å². The van der Waals surface area contributed by atoms with Gasteiger partial charge >= 0.3 is 0 Å². The zero-order valence-corrected chi connectivity index (χ0v) is 16.4. The maximum Gasteiger partial charge on any atom is 0.259 e. The van der Waals surface area contributed by atoms with Gasteiger partial charge in [0.25, 0.3) is 11.8 Å². The minimum Gasteiger partial charge on any atom is -0.484 e. The number of rotatable bonds is 7. The zero-order chi connectivity index (χ0) is 19.9. The lowest BCUT2D eigenvalue weighted by atomic mass is 10.1. The highest BCUT2D eigenvalue weighted by Crippen LogP contribution is 2.23. The van der Waals surface area contributed by atoms with Crippen molar-refractivity contribution in [3.63, 3.8) is 0 Å². The number of nitrogens with zero attached hydrogens (tertiary/aromatic N) is 2. The Kier molecular flexibility index (Phi) is 6.53. The molecule has 0 spiro atoms. The SMILES string of the molecule is CN(C)C(=O)COc1cccc(C(=O)NCC2CCN(c3ccccc3)C2)c1. The largest absolute Gasteiger partial charge is 0.484 e. The molecule has 2 aromatic rings. The smallest absolute Gasteiger partial charge is 0.259 e. The molecule has 2 amide bonds. The van der Waals surface area contributed by atoms with Crippen LogP contribution in [0.4, 0.5) is 5.69 Å². The lowest BCUT2D eigenvalue weighted by molar-refractivity contribution is -0.130. The van der Waals surface area contributed by atoms with E-state index in [1.807, 2.05) is 18.2 Å². The summed E-state index contributed by atoms with van der Waals surface area (Å²) in [6.45, 7) is 2.55. The summed E-state index contributed by atoms with van der Waals surface area (Å²) in [5.74, 6) is 0.696. The summed E-state index contributed by atoms with van der Waals surface area (Å²) in [7, 11) is 3.36. The summed E-state index contributed by atoms with van der Waals surface area (Å²) in [6, 6.07) is 17.3. The molecule has 1 heterocycles. The van der Waals surface area contributed by atoms with Gasteiger partial charge in [0.1, 0.15) is 5.75 Å². The molecule has 1 aliphatic heterocycles. The fourth-order valence-electron chi connectivity index (χ4n) is 3.21. The fourth-order valence-corrected chi connectivity index (χ4v) is 3.21. The molecule has 3 rings (SSSR count). The maximum absolute atomic E-state index is 12.5. The number of nitrogens with one attached hydrogen (secondary N) is 1. The lowest BCUT2D eigenvalue weighted by Crippen LogP contribution is -2.31. The van der Waals surface area contributed by atoms with E-state index in [2.05, 4.69) is 22.3 Å². The highest BCUT2D eigenvalue weighted by molar-refractivity contribution is 5.94. The second kappa shape index (κ2) is 9.26. The molecule has 1 aliphatic rings. The summed E-state index contributed by atoms with van der Waals surface area (Å²) < 4.78 is 5.48. The van der Waals surface area contributed by atoms with Crippen LogP contribution in [0.5, 0.6) is 5.75 Å². The van der Waals surface area contributed by atoms with Gasteiger partial charge in [-0.2, -0.15) is 0 Å². The molecular formula is C22H27N3O3. The van der Waals surface area contributed by atoms with Crippen molar-refractivity contribution < 1.29 is 14.3 Å². The molecule has 0 aliphatic carbocycles. The third-order valence-corrected chi connectivity index (χ3v) is 4.92. The molecule has 1 N–H and O–H groups in total. The summed E-state index contributed by atoms with van der Waals surface area (Å²) in [5.41, 5.74) is 1.76. The van der Waals surface area contributed by atoms with Crippen molar-refractivity contribution in [1.82, 2.24) is 10.2 Å². The second-order valence-electron chi connectivity index (χ2n) is 7.25. The van der Waals surface area contributed by atoms with Crippen molar-refractivity contribution in [1.29, 1.82) is 0 Å². The van der Waals surface area contributed by atoms with Gasteiger partial charge in [-0.1, -0.05) is 24.3 Å². The Balaban J connectivity index is 1.49. The van der Waals surface area contributed by atoms with Crippen molar-refractivity contribution in [3.8, 4) is 5.75 Å². The molecule has 2 aromatic carbocycles. The van der Waals surface area contributed by atoms with E-state index < -0.39 is 0 Å². The van der Waals surface area contributed by atoms with Gasteiger partial charge in [-0.25, -0.2) is 0 Å². The number of para-hydroxylation sites is 1. The number of benzene rings is 2. The number of likely N-dealkylation sites (N-methyl/N-ethyl adjacent to an activating group) is 1. The van der Waals surface area contributed by atoms with E-state index >= 15 is 0 Å². The predicted octanol–water partition coefficient (Wildman–Crippen LogP) is 2.41. The molecular weight excluding hydrogens is 354 g/mol. The van der Waals surface area contributed by atoms with Gasteiger partial charge in [-0.3, -0.25) is 9.59 Å². The summed E-state index contributed by atoms with van der Waals surface area (Å²) in [6.07, 6.45) is 1.06. The Labute approximate surface area is 166 Å². The molecule has 6 heteroatoms. The van der Waals surface area contributed by atoms with Crippen LogP contribution in [0.1, 0.15) is 16.8 Å². The van der Waals surface area contributed by atoms with E-state index in [-0.39, 0.29) is 18.4 Å². The Morgan fingerprint density at radius 3 is 2.68 bits per heavy atom. The van der Waals surface area contributed by atoms with Crippen LogP contribution in [-0.2, 0) is 4.79 Å². The fraction of sp³-hybridized carbons (Fsp3) is 0.364. The molecule has 6 nitrogen and oxygen atoms in total. The van der Waals surface area contributed by atoms with Gasteiger partial charge in [0.15, 0.2) is 6.61 Å². The van der Waals surface area contributed by atoms with Crippen molar-refractivity contribution in [3.05, 3.63) is 60.2 Å². The number of carbonyl (C=O) groups is 2. The van der Waals surface area contributed by atoms with Crippen LogP contribution >= 0.6 is 0 Å².